The molecule has 7 nitrogen and oxygen atoms in total. The van der Waals surface area contributed by atoms with Gasteiger partial charge < -0.3 is 15.6 Å². The number of hydrogen-bond donors (Lipinski definition) is 3. The van der Waals surface area contributed by atoms with Crippen LogP contribution in [0.5, 0.6) is 0 Å². The molecule has 3 aromatic rings. The summed E-state index contributed by atoms with van der Waals surface area (Å²) < 4.78 is 0. The number of imidazole rings is 1. The molecular weight excluding hydrogens is 352 g/mol. The number of nitrogens with zero attached hydrogens (tertiary/aromatic N) is 3. The van der Waals surface area contributed by atoms with Crippen LogP contribution in [0.2, 0.25) is 0 Å². The monoisotopic (exact) mass is 372 g/mol. The van der Waals surface area contributed by atoms with E-state index >= 15 is 0 Å². The van der Waals surface area contributed by atoms with Crippen molar-refractivity contribution in [1.82, 2.24) is 19.9 Å². The number of fused-ring (bicyclic) bond motifs is 1. The molecule has 3 N–H and O–H groups in total. The molecule has 5 rings (SSSR count). The lowest BCUT2D eigenvalue weighted by molar-refractivity contribution is -0.110. The summed E-state index contributed by atoms with van der Waals surface area (Å²) in [5.41, 5.74) is 4.75. The van der Waals surface area contributed by atoms with Crippen LogP contribution in [-0.2, 0) is 4.79 Å². The smallest absolute Gasteiger partial charge is 0.256 e. The van der Waals surface area contributed by atoms with Gasteiger partial charge in [-0.1, -0.05) is 18.9 Å². The summed E-state index contributed by atoms with van der Waals surface area (Å²) in [5, 5.41) is 6.39. The zero-order valence-corrected chi connectivity index (χ0v) is 15.3. The largest absolute Gasteiger partial charge is 0.366 e. The first-order chi connectivity index (χ1) is 13.8. The van der Waals surface area contributed by atoms with Gasteiger partial charge >= 0.3 is 0 Å². The number of anilines is 2. The summed E-state index contributed by atoms with van der Waals surface area (Å²) >= 11 is 0. The number of rotatable bonds is 4. The van der Waals surface area contributed by atoms with Crippen LogP contribution in [-0.4, -0.2) is 31.9 Å². The van der Waals surface area contributed by atoms with Crippen LogP contribution in [0.3, 0.4) is 0 Å². The van der Waals surface area contributed by atoms with E-state index in [0.717, 1.165) is 34.0 Å². The molecule has 28 heavy (non-hydrogen) atoms. The van der Waals surface area contributed by atoms with Crippen molar-refractivity contribution in [2.45, 2.75) is 31.7 Å². The van der Waals surface area contributed by atoms with Gasteiger partial charge in [0.25, 0.3) is 5.91 Å². The molecule has 1 amide bonds. The van der Waals surface area contributed by atoms with Gasteiger partial charge in [-0.25, -0.2) is 9.97 Å². The van der Waals surface area contributed by atoms with Crippen LogP contribution in [0, 0.1) is 0 Å². The third kappa shape index (κ3) is 3.15. The number of aromatic amines is 1. The summed E-state index contributed by atoms with van der Waals surface area (Å²) in [6.45, 7) is 0. The number of hydrogen-bond acceptors (Lipinski definition) is 5. The van der Waals surface area contributed by atoms with E-state index in [1.807, 2.05) is 24.3 Å². The Kier molecular flexibility index (Phi) is 4.12. The number of nitrogens with one attached hydrogen (secondary N) is 3. The Bertz CT molecular complexity index is 1050. The number of carbonyl (C=O) groups is 1. The first-order valence-corrected chi connectivity index (χ1v) is 9.51. The lowest BCUT2D eigenvalue weighted by Gasteiger charge is -2.13. The van der Waals surface area contributed by atoms with Gasteiger partial charge in [0.1, 0.15) is 5.82 Å². The highest BCUT2D eigenvalue weighted by molar-refractivity contribution is 6.35. The predicted octanol–water partition coefficient (Wildman–Crippen LogP) is 3.71. The fraction of sp³-hybridized carbons (Fsp3) is 0.238. The standard InChI is InChI=1S/C21H20N6O/c28-21-17(8-15-9-23-12-24-15)16-7-13(5-6-18(16)27-21)19-10-22-11-20(26-19)25-14-3-1-2-4-14/h5-12,14H,1-4H2,(H,23,24)(H,25,26)(H,27,28). The van der Waals surface area contributed by atoms with Gasteiger partial charge in [0.2, 0.25) is 0 Å². The Morgan fingerprint density at radius 3 is 2.82 bits per heavy atom. The highest BCUT2D eigenvalue weighted by atomic mass is 16.2. The molecular formula is C21H20N6O. The fourth-order valence-electron chi connectivity index (χ4n) is 3.85. The Labute approximate surface area is 162 Å². The van der Waals surface area contributed by atoms with Gasteiger partial charge in [-0.2, -0.15) is 0 Å². The van der Waals surface area contributed by atoms with Crippen LogP contribution in [0.1, 0.15) is 36.9 Å². The van der Waals surface area contributed by atoms with Crippen molar-refractivity contribution in [3.63, 3.8) is 0 Å². The van der Waals surface area contributed by atoms with Gasteiger partial charge in [-0.3, -0.25) is 9.78 Å². The predicted molar refractivity (Wildman–Crippen MR) is 108 cm³/mol. The van der Waals surface area contributed by atoms with Crippen LogP contribution in [0.15, 0.2) is 43.1 Å². The zero-order chi connectivity index (χ0) is 18.9. The van der Waals surface area contributed by atoms with Gasteiger partial charge in [-0.15, -0.1) is 0 Å². The summed E-state index contributed by atoms with van der Waals surface area (Å²) in [7, 11) is 0. The molecule has 1 aliphatic heterocycles. The van der Waals surface area contributed by atoms with E-state index in [1.54, 1.807) is 24.9 Å². The molecule has 0 atom stereocenters. The number of H-pyrrole nitrogens is 1. The van der Waals surface area contributed by atoms with Gasteiger partial charge in [-0.05, 0) is 31.1 Å². The van der Waals surface area contributed by atoms with Crippen molar-refractivity contribution >= 4 is 29.1 Å². The van der Waals surface area contributed by atoms with E-state index < -0.39 is 0 Å². The first kappa shape index (κ1) is 16.7. The highest BCUT2D eigenvalue weighted by Gasteiger charge is 2.25. The Balaban J connectivity index is 1.48. The lowest BCUT2D eigenvalue weighted by Crippen LogP contribution is -2.15. The molecule has 0 radical (unpaired) electrons. The quantitative estimate of drug-likeness (QED) is 0.607. The van der Waals surface area contributed by atoms with E-state index in [0.29, 0.717) is 11.6 Å². The van der Waals surface area contributed by atoms with Crippen molar-refractivity contribution in [2.75, 3.05) is 10.6 Å². The SMILES string of the molecule is O=C1Nc2ccc(-c3cncc(NC4CCCC4)n3)cc2C1=Cc1cnc[nH]1. The van der Waals surface area contributed by atoms with Crippen molar-refractivity contribution in [2.24, 2.45) is 0 Å². The second kappa shape index (κ2) is 6.92. The molecule has 140 valence electrons. The molecule has 1 aliphatic carbocycles. The second-order valence-electron chi connectivity index (χ2n) is 7.19. The molecule has 1 fully saturated rings. The minimum Gasteiger partial charge on any atom is -0.366 e. The molecule has 2 aliphatic rings. The van der Waals surface area contributed by atoms with Gasteiger partial charge in [0.15, 0.2) is 0 Å². The number of benzene rings is 1. The lowest BCUT2D eigenvalue weighted by atomic mass is 10.0. The van der Waals surface area contributed by atoms with Crippen LogP contribution in [0.4, 0.5) is 11.5 Å². The van der Waals surface area contributed by atoms with E-state index in [9.17, 15) is 4.79 Å². The minimum atomic E-state index is -0.121. The molecule has 0 unspecified atom stereocenters. The Morgan fingerprint density at radius 2 is 2.00 bits per heavy atom. The van der Waals surface area contributed by atoms with E-state index in [4.69, 9.17) is 4.98 Å². The molecule has 2 aromatic heterocycles. The van der Waals surface area contributed by atoms with E-state index in [-0.39, 0.29) is 5.91 Å². The summed E-state index contributed by atoms with van der Waals surface area (Å²) in [4.78, 5) is 28.5. The maximum Gasteiger partial charge on any atom is 0.256 e. The zero-order valence-electron chi connectivity index (χ0n) is 15.3. The van der Waals surface area contributed by atoms with Gasteiger partial charge in [0, 0.05) is 22.9 Å². The summed E-state index contributed by atoms with van der Waals surface area (Å²) in [6.07, 6.45) is 13.5. The van der Waals surface area contributed by atoms with Crippen molar-refractivity contribution in [1.29, 1.82) is 0 Å². The topological polar surface area (TPSA) is 95.6 Å². The molecule has 0 bridgehead atoms. The maximum absolute atomic E-state index is 12.4. The third-order valence-corrected chi connectivity index (χ3v) is 5.26. The average molecular weight is 372 g/mol. The summed E-state index contributed by atoms with van der Waals surface area (Å²) in [6, 6.07) is 6.34. The normalized spacial score (nSPS) is 17.7. The number of amides is 1. The van der Waals surface area contributed by atoms with Crippen LogP contribution < -0.4 is 10.6 Å². The number of carbonyl (C=O) groups excluding carboxylic acids is 1. The highest BCUT2D eigenvalue weighted by Crippen LogP contribution is 2.36. The maximum atomic E-state index is 12.4. The second-order valence-corrected chi connectivity index (χ2v) is 7.19. The van der Waals surface area contributed by atoms with Crippen LogP contribution in [0.25, 0.3) is 22.9 Å². The van der Waals surface area contributed by atoms with Crippen LogP contribution >= 0.6 is 0 Å². The molecule has 1 saturated carbocycles. The molecule has 1 aromatic carbocycles. The minimum absolute atomic E-state index is 0.121. The first-order valence-electron chi connectivity index (χ1n) is 9.51. The average Bonchev–Trinajstić information content (AvgIpc) is 3.45. The van der Waals surface area contributed by atoms with Crippen molar-refractivity contribution < 1.29 is 4.79 Å². The van der Waals surface area contributed by atoms with E-state index in [1.165, 1.54) is 25.7 Å². The van der Waals surface area contributed by atoms with Gasteiger partial charge in [0.05, 0.1) is 41.9 Å². The van der Waals surface area contributed by atoms with E-state index in [2.05, 4.69) is 25.6 Å². The Morgan fingerprint density at radius 1 is 1.11 bits per heavy atom. The molecule has 3 heterocycles. The van der Waals surface area contributed by atoms with Crippen molar-refractivity contribution in [3.05, 3.63) is 54.4 Å². The fourth-order valence-corrected chi connectivity index (χ4v) is 3.85. The summed E-state index contributed by atoms with van der Waals surface area (Å²) in [5.74, 6) is 0.678. The van der Waals surface area contributed by atoms with Crippen molar-refractivity contribution in [3.8, 4) is 11.3 Å². The Hall–Kier alpha value is -3.48. The third-order valence-electron chi connectivity index (χ3n) is 5.26. The molecule has 0 saturated heterocycles. The molecule has 7 heteroatoms. The number of aromatic nitrogens is 4. The molecule has 0 spiro atoms.